The lowest BCUT2D eigenvalue weighted by molar-refractivity contribution is 0.410. The maximum atomic E-state index is 13.3. The van der Waals surface area contributed by atoms with Crippen LogP contribution in [0, 0.1) is 17.6 Å². The van der Waals surface area contributed by atoms with Gasteiger partial charge in [-0.1, -0.05) is 0 Å². The molecule has 0 bridgehead atoms. The van der Waals surface area contributed by atoms with Crippen molar-refractivity contribution in [3.05, 3.63) is 29.8 Å². The van der Waals surface area contributed by atoms with Crippen LogP contribution >= 0.6 is 11.8 Å². The van der Waals surface area contributed by atoms with Crippen molar-refractivity contribution in [1.29, 1.82) is 0 Å². The molecule has 2 rings (SSSR count). The van der Waals surface area contributed by atoms with Crippen LogP contribution in [0.15, 0.2) is 23.1 Å². The van der Waals surface area contributed by atoms with E-state index in [0.29, 0.717) is 10.8 Å². The van der Waals surface area contributed by atoms with Crippen molar-refractivity contribution in [2.45, 2.75) is 17.7 Å². The van der Waals surface area contributed by atoms with Crippen LogP contribution in [0.1, 0.15) is 12.8 Å². The van der Waals surface area contributed by atoms with Crippen LogP contribution in [0.3, 0.4) is 0 Å². The molecule has 1 nitrogen and oxygen atoms in total. The van der Waals surface area contributed by atoms with E-state index in [1.807, 2.05) is 0 Å². The summed E-state index contributed by atoms with van der Waals surface area (Å²) in [5.41, 5.74) is 0. The summed E-state index contributed by atoms with van der Waals surface area (Å²) in [6.07, 6.45) is 2.39. The Morgan fingerprint density at radius 1 is 1.38 bits per heavy atom. The van der Waals surface area contributed by atoms with Gasteiger partial charge < -0.3 is 5.32 Å². The van der Waals surface area contributed by atoms with Crippen molar-refractivity contribution in [1.82, 2.24) is 5.32 Å². The van der Waals surface area contributed by atoms with Gasteiger partial charge in [0.2, 0.25) is 0 Å². The van der Waals surface area contributed by atoms with Crippen LogP contribution in [0.5, 0.6) is 0 Å². The van der Waals surface area contributed by atoms with Crippen LogP contribution in [0.4, 0.5) is 8.78 Å². The molecule has 1 saturated heterocycles. The molecule has 1 heterocycles. The van der Waals surface area contributed by atoms with Crippen molar-refractivity contribution >= 4 is 11.8 Å². The van der Waals surface area contributed by atoms with Gasteiger partial charge in [0.05, 0.1) is 0 Å². The zero-order chi connectivity index (χ0) is 11.4. The van der Waals surface area contributed by atoms with Gasteiger partial charge in [0, 0.05) is 16.7 Å². The average Bonchev–Trinajstić information content (AvgIpc) is 2.29. The zero-order valence-corrected chi connectivity index (χ0v) is 9.83. The molecule has 0 aliphatic carbocycles. The summed E-state index contributed by atoms with van der Waals surface area (Å²) in [7, 11) is 0. The molecule has 1 fully saturated rings. The molecular weight excluding hydrogens is 228 g/mol. The van der Waals surface area contributed by atoms with Gasteiger partial charge in [0.25, 0.3) is 0 Å². The smallest absolute Gasteiger partial charge is 0.139 e. The molecule has 1 aliphatic rings. The first kappa shape index (κ1) is 11.9. The number of piperidine rings is 1. The molecule has 1 atom stereocenters. The minimum Gasteiger partial charge on any atom is -0.316 e. The van der Waals surface area contributed by atoms with Crippen LogP contribution in [-0.2, 0) is 0 Å². The lowest BCUT2D eigenvalue weighted by atomic mass is 10.0. The lowest BCUT2D eigenvalue weighted by Gasteiger charge is -2.22. The Morgan fingerprint density at radius 2 is 2.25 bits per heavy atom. The largest absolute Gasteiger partial charge is 0.316 e. The van der Waals surface area contributed by atoms with E-state index in [4.69, 9.17) is 0 Å². The van der Waals surface area contributed by atoms with E-state index in [1.165, 1.54) is 36.7 Å². The minimum absolute atomic E-state index is 0.450. The van der Waals surface area contributed by atoms with E-state index < -0.39 is 11.6 Å². The van der Waals surface area contributed by atoms with Crippen molar-refractivity contribution in [2.75, 3.05) is 18.8 Å². The third-order valence-corrected chi connectivity index (χ3v) is 4.05. The summed E-state index contributed by atoms with van der Waals surface area (Å²) in [5.74, 6) is 0.536. The Hall–Kier alpha value is -0.610. The maximum absolute atomic E-state index is 13.3. The van der Waals surface area contributed by atoms with Gasteiger partial charge >= 0.3 is 0 Å². The Balaban J connectivity index is 1.88. The number of rotatable bonds is 3. The molecule has 16 heavy (non-hydrogen) atoms. The van der Waals surface area contributed by atoms with E-state index >= 15 is 0 Å². The summed E-state index contributed by atoms with van der Waals surface area (Å²) in [4.78, 5) is 0.548. The molecule has 4 heteroatoms. The zero-order valence-electron chi connectivity index (χ0n) is 9.01. The summed E-state index contributed by atoms with van der Waals surface area (Å²) < 4.78 is 26.0. The number of nitrogens with one attached hydrogen (secondary N) is 1. The number of hydrogen-bond donors (Lipinski definition) is 1. The summed E-state index contributed by atoms with van der Waals surface area (Å²) in [6, 6.07) is 3.78. The minimum atomic E-state index is -0.513. The van der Waals surface area contributed by atoms with Crippen LogP contribution < -0.4 is 5.32 Å². The highest BCUT2D eigenvalue weighted by molar-refractivity contribution is 7.99. The van der Waals surface area contributed by atoms with Crippen LogP contribution in [0.2, 0.25) is 0 Å². The van der Waals surface area contributed by atoms with E-state index in [1.54, 1.807) is 0 Å². The van der Waals surface area contributed by atoms with Gasteiger partial charge in [-0.2, -0.15) is 0 Å². The third kappa shape index (κ3) is 3.19. The predicted molar refractivity (Wildman–Crippen MR) is 62.7 cm³/mol. The quantitative estimate of drug-likeness (QED) is 0.819. The number of thioether (sulfide) groups is 1. The second-order valence-electron chi connectivity index (χ2n) is 4.10. The first-order valence-corrected chi connectivity index (χ1v) is 6.53. The molecule has 1 aromatic carbocycles. The standard InChI is InChI=1S/C12H15F2NS/c13-10-3-4-12(11(14)6-10)16-8-9-2-1-5-15-7-9/h3-4,6,9,15H,1-2,5,7-8H2/t9-/m0/s1. The van der Waals surface area contributed by atoms with Crippen LogP contribution in [-0.4, -0.2) is 18.8 Å². The summed E-state index contributed by atoms with van der Waals surface area (Å²) in [5, 5.41) is 3.33. The fraction of sp³-hybridized carbons (Fsp3) is 0.500. The molecule has 1 aromatic rings. The van der Waals surface area contributed by atoms with E-state index in [2.05, 4.69) is 5.32 Å². The van der Waals surface area contributed by atoms with Crippen molar-refractivity contribution in [2.24, 2.45) is 5.92 Å². The molecule has 0 radical (unpaired) electrons. The molecule has 1 N–H and O–H groups in total. The predicted octanol–water partition coefficient (Wildman–Crippen LogP) is 3.06. The number of halogens is 2. The molecular formula is C12H15F2NS. The number of hydrogen-bond acceptors (Lipinski definition) is 2. The third-order valence-electron chi connectivity index (χ3n) is 2.77. The highest BCUT2D eigenvalue weighted by atomic mass is 32.2. The lowest BCUT2D eigenvalue weighted by Crippen LogP contribution is -2.30. The average molecular weight is 243 g/mol. The Kier molecular flexibility index (Phi) is 4.18. The first-order valence-electron chi connectivity index (χ1n) is 5.54. The van der Waals surface area contributed by atoms with Crippen molar-refractivity contribution < 1.29 is 8.78 Å². The van der Waals surface area contributed by atoms with Crippen molar-refractivity contribution in [3.8, 4) is 0 Å². The fourth-order valence-electron chi connectivity index (χ4n) is 1.87. The summed E-state index contributed by atoms with van der Waals surface area (Å²) >= 11 is 1.48. The highest BCUT2D eigenvalue weighted by Gasteiger charge is 2.14. The highest BCUT2D eigenvalue weighted by Crippen LogP contribution is 2.26. The number of benzene rings is 1. The second-order valence-corrected chi connectivity index (χ2v) is 5.16. The van der Waals surface area contributed by atoms with E-state index in [0.717, 1.165) is 24.9 Å². The van der Waals surface area contributed by atoms with Crippen LogP contribution in [0.25, 0.3) is 0 Å². The van der Waals surface area contributed by atoms with E-state index in [9.17, 15) is 8.78 Å². The first-order chi connectivity index (χ1) is 7.75. The Labute approximate surface area is 98.6 Å². The van der Waals surface area contributed by atoms with Gasteiger partial charge in [0.15, 0.2) is 0 Å². The molecule has 88 valence electrons. The monoisotopic (exact) mass is 243 g/mol. The molecule has 0 unspecified atom stereocenters. The normalized spacial score (nSPS) is 21.0. The topological polar surface area (TPSA) is 12.0 Å². The van der Waals surface area contributed by atoms with Gasteiger partial charge in [0.1, 0.15) is 11.6 Å². The summed E-state index contributed by atoms with van der Waals surface area (Å²) in [6.45, 7) is 2.10. The van der Waals surface area contributed by atoms with Gasteiger partial charge in [-0.25, -0.2) is 8.78 Å². The maximum Gasteiger partial charge on any atom is 0.139 e. The van der Waals surface area contributed by atoms with Gasteiger partial charge in [-0.05, 0) is 44.0 Å². The van der Waals surface area contributed by atoms with Crippen molar-refractivity contribution in [3.63, 3.8) is 0 Å². The molecule has 0 saturated carbocycles. The molecule has 0 aromatic heterocycles. The molecule has 0 spiro atoms. The SMILES string of the molecule is Fc1ccc(SC[C@H]2CCCNC2)c(F)c1. The van der Waals surface area contributed by atoms with Gasteiger partial charge in [-0.3, -0.25) is 0 Å². The molecule has 1 aliphatic heterocycles. The van der Waals surface area contributed by atoms with E-state index in [-0.39, 0.29) is 0 Å². The Morgan fingerprint density at radius 3 is 2.94 bits per heavy atom. The molecule has 0 amide bonds. The fourth-order valence-corrected chi connectivity index (χ4v) is 2.93. The second kappa shape index (κ2) is 5.64. The van der Waals surface area contributed by atoms with Gasteiger partial charge in [-0.15, -0.1) is 11.8 Å². The Bertz CT molecular complexity index is 351.